The van der Waals surface area contributed by atoms with E-state index in [2.05, 4.69) is 73.6 Å². The smallest absolute Gasteiger partial charge is 0.227 e. The van der Waals surface area contributed by atoms with Crippen molar-refractivity contribution in [2.45, 2.75) is 45.2 Å². The van der Waals surface area contributed by atoms with E-state index in [0.717, 1.165) is 52.1 Å². The molecule has 37 heavy (non-hydrogen) atoms. The highest BCUT2D eigenvalue weighted by Crippen LogP contribution is 2.44. The first-order valence-electron chi connectivity index (χ1n) is 12.3. The normalized spacial score (nSPS) is 13.3. The summed E-state index contributed by atoms with van der Waals surface area (Å²) in [6, 6.07) is 8.55. The lowest BCUT2D eigenvalue weighted by Gasteiger charge is -2.12. The number of aromatic nitrogens is 8. The number of fused-ring (bicyclic) bond motifs is 1. The molecule has 6 rings (SSSR count). The molecule has 0 aliphatic heterocycles. The van der Waals surface area contributed by atoms with Crippen molar-refractivity contribution in [2.75, 3.05) is 7.11 Å². The fourth-order valence-electron chi connectivity index (χ4n) is 4.52. The van der Waals surface area contributed by atoms with Gasteiger partial charge in [-0.1, -0.05) is 24.3 Å². The Hall–Kier alpha value is -4.58. The van der Waals surface area contributed by atoms with Gasteiger partial charge in [0, 0.05) is 29.9 Å². The number of rotatable bonds is 7. The molecule has 1 saturated carbocycles. The second-order valence-electron chi connectivity index (χ2n) is 9.48. The van der Waals surface area contributed by atoms with Crippen molar-refractivity contribution in [3.8, 4) is 41.0 Å². The van der Waals surface area contributed by atoms with Gasteiger partial charge in [-0.2, -0.15) is 5.10 Å². The van der Waals surface area contributed by atoms with E-state index < -0.39 is 0 Å². The van der Waals surface area contributed by atoms with Gasteiger partial charge in [-0.15, -0.1) is 6.42 Å². The lowest BCUT2D eigenvalue weighted by atomic mass is 10.1. The summed E-state index contributed by atoms with van der Waals surface area (Å²) in [5, 5.41) is 5.45. The zero-order valence-electron chi connectivity index (χ0n) is 21.0. The Kier molecular flexibility index (Phi) is 5.64. The van der Waals surface area contributed by atoms with Gasteiger partial charge in [0.1, 0.15) is 23.4 Å². The first-order valence-corrected chi connectivity index (χ1v) is 12.3. The number of methoxy groups -OCH3 is 1. The summed E-state index contributed by atoms with van der Waals surface area (Å²) in [6.45, 7) is 4.79. The summed E-state index contributed by atoms with van der Waals surface area (Å²) in [7, 11) is 1.61. The number of terminal acetylenes is 1. The largest absolute Gasteiger partial charge is 0.480 e. The van der Waals surface area contributed by atoms with E-state index >= 15 is 0 Å². The molecule has 0 saturated heterocycles. The Labute approximate surface area is 214 Å². The van der Waals surface area contributed by atoms with Crippen LogP contribution in [-0.2, 0) is 6.54 Å². The molecule has 1 aliphatic rings. The predicted molar refractivity (Wildman–Crippen MR) is 140 cm³/mol. The molecule has 0 N–H and O–H groups in total. The number of imidazole rings is 1. The molecule has 9 nitrogen and oxygen atoms in total. The van der Waals surface area contributed by atoms with Crippen LogP contribution in [0, 0.1) is 12.3 Å². The van der Waals surface area contributed by atoms with Crippen molar-refractivity contribution in [3.05, 3.63) is 66.1 Å². The average Bonchev–Trinajstić information content (AvgIpc) is 3.56. The summed E-state index contributed by atoms with van der Waals surface area (Å²) in [6.07, 6.45) is 14.8. The van der Waals surface area contributed by atoms with Gasteiger partial charge in [-0.25, -0.2) is 29.6 Å². The van der Waals surface area contributed by atoms with E-state index in [-0.39, 0.29) is 6.04 Å². The quantitative estimate of drug-likeness (QED) is 0.307. The Balaban J connectivity index is 1.33. The number of nitrogens with zero attached hydrogens (tertiary/aromatic N) is 8. The van der Waals surface area contributed by atoms with E-state index in [4.69, 9.17) is 16.1 Å². The van der Waals surface area contributed by atoms with Crippen LogP contribution < -0.4 is 4.74 Å². The van der Waals surface area contributed by atoms with Crippen LogP contribution in [0.15, 0.2) is 49.2 Å². The lowest BCUT2D eigenvalue weighted by Crippen LogP contribution is -2.05. The van der Waals surface area contributed by atoms with E-state index in [0.29, 0.717) is 29.9 Å². The van der Waals surface area contributed by atoms with E-state index in [1.165, 1.54) is 0 Å². The standard InChI is InChI=1S/C28H26N8O/c1-5-22-15-35(17(2)3)26(33-22)20-8-6-18(7-9-20)14-36-27-21(13-32-36)12-29-25(34-27)23-24(19-10-11-19)30-16-31-28(23)37-4/h1,6-9,12-13,15-17,19H,10-11,14H2,2-4H3. The van der Waals surface area contributed by atoms with Crippen molar-refractivity contribution in [3.63, 3.8) is 0 Å². The second-order valence-corrected chi connectivity index (χ2v) is 9.48. The van der Waals surface area contributed by atoms with Crippen LogP contribution in [-0.4, -0.2) is 46.4 Å². The van der Waals surface area contributed by atoms with Crippen LogP contribution in [0.5, 0.6) is 5.88 Å². The fourth-order valence-corrected chi connectivity index (χ4v) is 4.52. The number of hydrogen-bond acceptors (Lipinski definition) is 7. The molecule has 0 radical (unpaired) electrons. The van der Waals surface area contributed by atoms with Gasteiger partial charge >= 0.3 is 0 Å². The first-order chi connectivity index (χ1) is 18.1. The van der Waals surface area contributed by atoms with E-state index in [1.54, 1.807) is 25.8 Å². The monoisotopic (exact) mass is 490 g/mol. The van der Waals surface area contributed by atoms with Crippen LogP contribution in [0.25, 0.3) is 33.8 Å². The topological polar surface area (TPSA) is 96.4 Å². The summed E-state index contributed by atoms with van der Waals surface area (Å²) in [4.78, 5) is 22.9. The molecule has 9 heteroatoms. The summed E-state index contributed by atoms with van der Waals surface area (Å²) in [5.74, 6) is 4.94. The summed E-state index contributed by atoms with van der Waals surface area (Å²) in [5.41, 5.74) is 5.19. The van der Waals surface area contributed by atoms with Gasteiger partial charge < -0.3 is 9.30 Å². The summed E-state index contributed by atoms with van der Waals surface area (Å²) < 4.78 is 9.53. The van der Waals surface area contributed by atoms with Crippen LogP contribution in [0.4, 0.5) is 0 Å². The van der Waals surface area contributed by atoms with E-state index in [9.17, 15) is 0 Å². The number of benzene rings is 1. The molecule has 184 valence electrons. The molecule has 0 amide bonds. The minimum atomic E-state index is 0.252. The van der Waals surface area contributed by atoms with Crippen molar-refractivity contribution in [1.82, 2.24) is 39.3 Å². The molecule has 1 aromatic carbocycles. The molecule has 0 spiro atoms. The highest BCUT2D eigenvalue weighted by molar-refractivity contribution is 5.77. The molecule has 0 atom stereocenters. The van der Waals surface area contributed by atoms with Gasteiger partial charge in [0.15, 0.2) is 11.5 Å². The Morgan fingerprint density at radius 2 is 1.89 bits per heavy atom. The van der Waals surface area contributed by atoms with Gasteiger partial charge in [0.25, 0.3) is 0 Å². The van der Waals surface area contributed by atoms with Crippen molar-refractivity contribution in [2.24, 2.45) is 0 Å². The highest BCUT2D eigenvalue weighted by atomic mass is 16.5. The SMILES string of the molecule is C#Cc1cn(C(C)C)c(-c2ccc(Cn3ncc4cnc(-c5c(OC)ncnc5C5CC5)nc43)cc2)n1. The molecular formula is C28H26N8O. The van der Waals surface area contributed by atoms with Crippen molar-refractivity contribution >= 4 is 11.0 Å². The third-order valence-corrected chi connectivity index (χ3v) is 6.58. The van der Waals surface area contributed by atoms with Crippen molar-refractivity contribution < 1.29 is 4.74 Å². The molecule has 4 aromatic heterocycles. The molecule has 1 fully saturated rings. The third-order valence-electron chi connectivity index (χ3n) is 6.58. The first kappa shape index (κ1) is 22.9. The minimum Gasteiger partial charge on any atom is -0.480 e. The zero-order valence-corrected chi connectivity index (χ0v) is 21.0. The van der Waals surface area contributed by atoms with Crippen LogP contribution >= 0.6 is 0 Å². The fraction of sp³-hybridized carbons (Fsp3) is 0.286. The van der Waals surface area contributed by atoms with Crippen LogP contribution in [0.1, 0.15) is 55.6 Å². The maximum Gasteiger partial charge on any atom is 0.227 e. The molecule has 4 heterocycles. The second kappa shape index (κ2) is 9.13. The Morgan fingerprint density at radius 3 is 2.59 bits per heavy atom. The predicted octanol–water partition coefficient (Wildman–Crippen LogP) is 4.64. The number of hydrogen-bond donors (Lipinski definition) is 0. The molecular weight excluding hydrogens is 464 g/mol. The lowest BCUT2D eigenvalue weighted by molar-refractivity contribution is 0.397. The average molecular weight is 491 g/mol. The van der Waals surface area contributed by atoms with Crippen LogP contribution in [0.3, 0.4) is 0 Å². The Morgan fingerprint density at radius 1 is 1.08 bits per heavy atom. The molecule has 1 aliphatic carbocycles. The van der Waals surface area contributed by atoms with Gasteiger partial charge in [-0.05, 0) is 38.2 Å². The minimum absolute atomic E-state index is 0.252. The molecule has 0 bridgehead atoms. The van der Waals surface area contributed by atoms with Gasteiger partial charge in [0.2, 0.25) is 5.88 Å². The van der Waals surface area contributed by atoms with Gasteiger partial charge in [-0.3, -0.25) is 0 Å². The molecule has 0 unspecified atom stereocenters. The van der Waals surface area contributed by atoms with Gasteiger partial charge in [0.05, 0.1) is 30.9 Å². The molecule has 5 aromatic rings. The van der Waals surface area contributed by atoms with Crippen molar-refractivity contribution in [1.29, 1.82) is 0 Å². The maximum absolute atomic E-state index is 5.59. The van der Waals surface area contributed by atoms with Crippen LogP contribution in [0.2, 0.25) is 0 Å². The number of ether oxygens (including phenoxy) is 1. The zero-order chi connectivity index (χ0) is 25.5. The Bertz CT molecular complexity index is 1640. The summed E-state index contributed by atoms with van der Waals surface area (Å²) >= 11 is 0. The van der Waals surface area contributed by atoms with E-state index in [1.807, 2.05) is 10.9 Å². The maximum atomic E-state index is 5.59. The third kappa shape index (κ3) is 4.20. The highest BCUT2D eigenvalue weighted by Gasteiger charge is 2.31.